The summed E-state index contributed by atoms with van der Waals surface area (Å²) in [5.74, 6) is 1.48. The number of pyridine rings is 1. The Kier molecular flexibility index (Phi) is 6.20. The number of carbonyl (C=O) groups excluding carboxylic acids is 1. The summed E-state index contributed by atoms with van der Waals surface area (Å²) in [4.78, 5) is 16.2. The second kappa shape index (κ2) is 9.22. The molecule has 2 aromatic carbocycles. The highest BCUT2D eigenvalue weighted by Crippen LogP contribution is 2.28. The highest BCUT2D eigenvalue weighted by atomic mass is 16.5. The van der Waals surface area contributed by atoms with Crippen molar-refractivity contribution in [2.24, 2.45) is 0 Å². The molecule has 5 nitrogen and oxygen atoms in total. The monoisotopic (exact) mass is 347 g/mol. The van der Waals surface area contributed by atoms with E-state index in [1.54, 1.807) is 6.20 Å². The number of carbonyl (C=O) groups is 1. The van der Waals surface area contributed by atoms with Crippen molar-refractivity contribution in [3.63, 3.8) is 0 Å². The van der Waals surface area contributed by atoms with E-state index in [0.717, 1.165) is 22.9 Å². The van der Waals surface area contributed by atoms with E-state index in [0.29, 0.717) is 19.5 Å². The van der Waals surface area contributed by atoms with Crippen molar-refractivity contribution in [2.45, 2.75) is 13.0 Å². The lowest BCUT2D eigenvalue weighted by atomic mass is 10.2. The van der Waals surface area contributed by atoms with E-state index in [2.05, 4.69) is 15.6 Å². The Morgan fingerprint density at radius 1 is 0.923 bits per heavy atom. The van der Waals surface area contributed by atoms with Gasteiger partial charge in [0.1, 0.15) is 5.75 Å². The molecule has 26 heavy (non-hydrogen) atoms. The second-order valence-corrected chi connectivity index (χ2v) is 5.69. The molecule has 0 aliphatic heterocycles. The van der Waals surface area contributed by atoms with E-state index in [1.807, 2.05) is 72.8 Å². The van der Waals surface area contributed by atoms with E-state index >= 15 is 0 Å². The van der Waals surface area contributed by atoms with E-state index in [-0.39, 0.29) is 5.91 Å². The smallest absolute Gasteiger partial charge is 0.222 e. The van der Waals surface area contributed by atoms with Crippen LogP contribution in [0.15, 0.2) is 79.0 Å². The number of benzene rings is 2. The first-order chi connectivity index (χ1) is 12.8. The Morgan fingerprint density at radius 2 is 1.69 bits per heavy atom. The van der Waals surface area contributed by atoms with Crippen LogP contribution in [-0.4, -0.2) is 17.4 Å². The minimum Gasteiger partial charge on any atom is -0.455 e. The first kappa shape index (κ1) is 17.5. The van der Waals surface area contributed by atoms with Crippen LogP contribution in [0, 0.1) is 0 Å². The van der Waals surface area contributed by atoms with Crippen LogP contribution in [0.2, 0.25) is 0 Å². The summed E-state index contributed by atoms with van der Waals surface area (Å²) < 4.78 is 5.90. The molecule has 0 fully saturated rings. The van der Waals surface area contributed by atoms with Crippen LogP contribution >= 0.6 is 0 Å². The van der Waals surface area contributed by atoms with Gasteiger partial charge in [-0.25, -0.2) is 0 Å². The molecule has 1 amide bonds. The molecule has 1 aromatic heterocycles. The fourth-order valence-electron chi connectivity index (χ4n) is 2.41. The van der Waals surface area contributed by atoms with E-state index in [1.165, 1.54) is 0 Å². The molecule has 0 atom stereocenters. The van der Waals surface area contributed by atoms with E-state index in [4.69, 9.17) is 4.74 Å². The zero-order valence-electron chi connectivity index (χ0n) is 14.4. The minimum absolute atomic E-state index is 0.0235. The summed E-state index contributed by atoms with van der Waals surface area (Å²) in [5.41, 5.74) is 1.70. The van der Waals surface area contributed by atoms with Gasteiger partial charge in [0, 0.05) is 19.2 Å². The van der Waals surface area contributed by atoms with Crippen LogP contribution in [0.5, 0.6) is 11.5 Å². The standard InChI is InChI=1S/C21H21N3O2/c25-21(24-16-17-8-6-7-14-22-17)13-15-23-19-11-4-5-12-20(19)26-18-9-2-1-3-10-18/h1-12,14,23H,13,15-16H2,(H,24,25). The van der Waals surface area contributed by atoms with E-state index < -0.39 is 0 Å². The lowest BCUT2D eigenvalue weighted by Gasteiger charge is -2.13. The largest absolute Gasteiger partial charge is 0.455 e. The topological polar surface area (TPSA) is 63.2 Å². The zero-order chi connectivity index (χ0) is 18.0. The van der Waals surface area contributed by atoms with Gasteiger partial charge in [0.2, 0.25) is 5.91 Å². The summed E-state index contributed by atoms with van der Waals surface area (Å²) in [6, 6.07) is 22.9. The summed E-state index contributed by atoms with van der Waals surface area (Å²) in [6.07, 6.45) is 2.08. The number of ether oxygens (including phenoxy) is 1. The van der Waals surface area contributed by atoms with Crippen LogP contribution in [0.25, 0.3) is 0 Å². The molecule has 3 rings (SSSR count). The van der Waals surface area contributed by atoms with Gasteiger partial charge in [-0.3, -0.25) is 9.78 Å². The fourth-order valence-corrected chi connectivity index (χ4v) is 2.41. The summed E-state index contributed by atoms with van der Waals surface area (Å²) in [5, 5.41) is 6.13. The molecule has 0 saturated heterocycles. The normalized spacial score (nSPS) is 10.2. The molecular formula is C21H21N3O2. The van der Waals surface area contributed by atoms with Crippen molar-refractivity contribution < 1.29 is 9.53 Å². The molecule has 2 N–H and O–H groups in total. The minimum atomic E-state index is -0.0235. The molecule has 1 heterocycles. The van der Waals surface area contributed by atoms with Gasteiger partial charge in [-0.1, -0.05) is 36.4 Å². The molecule has 0 saturated carbocycles. The van der Waals surface area contributed by atoms with E-state index in [9.17, 15) is 4.79 Å². The molecule has 0 aliphatic rings. The number of aromatic nitrogens is 1. The molecule has 0 aliphatic carbocycles. The van der Waals surface area contributed by atoms with Gasteiger partial charge in [-0.05, 0) is 36.4 Å². The highest BCUT2D eigenvalue weighted by molar-refractivity contribution is 5.76. The first-order valence-electron chi connectivity index (χ1n) is 8.54. The summed E-state index contributed by atoms with van der Waals surface area (Å²) >= 11 is 0. The van der Waals surface area contributed by atoms with Gasteiger partial charge in [0.15, 0.2) is 5.75 Å². The van der Waals surface area contributed by atoms with Gasteiger partial charge in [0.05, 0.1) is 17.9 Å². The van der Waals surface area contributed by atoms with Crippen molar-refractivity contribution in [1.29, 1.82) is 0 Å². The predicted molar refractivity (Wildman–Crippen MR) is 102 cm³/mol. The maximum Gasteiger partial charge on any atom is 0.222 e. The molecule has 0 spiro atoms. The molecule has 5 heteroatoms. The lowest BCUT2D eigenvalue weighted by molar-refractivity contribution is -0.121. The molecule has 0 radical (unpaired) electrons. The third kappa shape index (κ3) is 5.34. The average molecular weight is 347 g/mol. The predicted octanol–water partition coefficient (Wildman–Crippen LogP) is 3.99. The summed E-state index contributed by atoms with van der Waals surface area (Å²) in [7, 11) is 0. The quantitative estimate of drug-likeness (QED) is 0.647. The van der Waals surface area contributed by atoms with Crippen molar-refractivity contribution in [3.8, 4) is 11.5 Å². The molecule has 132 valence electrons. The Labute approximate surface area is 153 Å². The van der Waals surface area contributed by atoms with Crippen LogP contribution in [0.1, 0.15) is 12.1 Å². The Hall–Kier alpha value is -3.34. The maximum atomic E-state index is 12.0. The second-order valence-electron chi connectivity index (χ2n) is 5.69. The maximum absolute atomic E-state index is 12.0. The molecule has 0 unspecified atom stereocenters. The highest BCUT2D eigenvalue weighted by Gasteiger charge is 2.06. The third-order valence-electron chi connectivity index (χ3n) is 3.72. The van der Waals surface area contributed by atoms with Crippen molar-refractivity contribution in [2.75, 3.05) is 11.9 Å². The fraction of sp³-hybridized carbons (Fsp3) is 0.143. The number of anilines is 1. The third-order valence-corrected chi connectivity index (χ3v) is 3.72. The number of nitrogens with one attached hydrogen (secondary N) is 2. The lowest BCUT2D eigenvalue weighted by Crippen LogP contribution is -2.25. The van der Waals surface area contributed by atoms with Gasteiger partial charge in [-0.15, -0.1) is 0 Å². The van der Waals surface area contributed by atoms with Gasteiger partial charge < -0.3 is 15.4 Å². The van der Waals surface area contributed by atoms with Gasteiger partial charge in [-0.2, -0.15) is 0 Å². The number of hydrogen-bond acceptors (Lipinski definition) is 4. The Balaban J connectivity index is 1.48. The Bertz CT molecular complexity index is 823. The van der Waals surface area contributed by atoms with Gasteiger partial charge >= 0.3 is 0 Å². The van der Waals surface area contributed by atoms with Crippen LogP contribution < -0.4 is 15.4 Å². The van der Waals surface area contributed by atoms with Crippen LogP contribution in [-0.2, 0) is 11.3 Å². The number of hydrogen-bond donors (Lipinski definition) is 2. The average Bonchev–Trinajstić information content (AvgIpc) is 2.69. The number of nitrogens with zero attached hydrogens (tertiary/aromatic N) is 1. The van der Waals surface area contributed by atoms with Crippen LogP contribution in [0.3, 0.4) is 0 Å². The molecular weight excluding hydrogens is 326 g/mol. The van der Waals surface area contributed by atoms with Gasteiger partial charge in [0.25, 0.3) is 0 Å². The van der Waals surface area contributed by atoms with Crippen molar-refractivity contribution in [3.05, 3.63) is 84.7 Å². The molecule has 3 aromatic rings. The SMILES string of the molecule is O=C(CCNc1ccccc1Oc1ccccc1)NCc1ccccn1. The van der Waals surface area contributed by atoms with Crippen molar-refractivity contribution in [1.82, 2.24) is 10.3 Å². The zero-order valence-corrected chi connectivity index (χ0v) is 14.4. The number of amides is 1. The van der Waals surface area contributed by atoms with Crippen LogP contribution in [0.4, 0.5) is 5.69 Å². The Morgan fingerprint density at radius 3 is 2.50 bits per heavy atom. The van der Waals surface area contributed by atoms with Crippen molar-refractivity contribution >= 4 is 11.6 Å². The first-order valence-corrected chi connectivity index (χ1v) is 8.54. The number of para-hydroxylation sites is 3. The number of rotatable bonds is 8. The molecule has 0 bridgehead atoms. The summed E-state index contributed by atoms with van der Waals surface area (Å²) in [6.45, 7) is 0.955.